The summed E-state index contributed by atoms with van der Waals surface area (Å²) in [5.41, 5.74) is 2.55. The molecular formula is C10H13ClN4O3. The Balaban J connectivity index is 3.24. The van der Waals surface area contributed by atoms with E-state index in [1.54, 1.807) is 14.1 Å². The average Bonchev–Trinajstić information content (AvgIpc) is 2.26. The number of halogens is 1. The molecule has 7 nitrogen and oxygen atoms in total. The normalized spacial score (nSPS) is 10.3. The molecule has 98 valence electrons. The molecule has 1 aromatic carbocycles. The van der Waals surface area contributed by atoms with Crippen molar-refractivity contribution in [3.8, 4) is 0 Å². The zero-order valence-electron chi connectivity index (χ0n) is 10.2. The van der Waals surface area contributed by atoms with Crippen LogP contribution in [-0.4, -0.2) is 37.0 Å². The minimum atomic E-state index is -0.593. The molecule has 0 saturated carbocycles. The maximum absolute atomic E-state index is 11.7. The highest BCUT2D eigenvalue weighted by Gasteiger charge is 2.20. The van der Waals surface area contributed by atoms with Crippen molar-refractivity contribution in [2.24, 2.45) is 0 Å². The number of nitrogens with zero attached hydrogens (tertiary/aromatic N) is 2. The van der Waals surface area contributed by atoms with E-state index in [9.17, 15) is 14.9 Å². The van der Waals surface area contributed by atoms with Gasteiger partial charge in [0.2, 0.25) is 0 Å². The second-order valence-electron chi connectivity index (χ2n) is 3.69. The highest BCUT2D eigenvalue weighted by molar-refractivity contribution is 6.34. The number of benzene rings is 1. The number of nitro groups is 1. The molecule has 0 aliphatic heterocycles. The van der Waals surface area contributed by atoms with Gasteiger partial charge in [0.15, 0.2) is 0 Å². The van der Waals surface area contributed by atoms with Crippen LogP contribution in [0, 0.1) is 10.1 Å². The van der Waals surface area contributed by atoms with Crippen LogP contribution in [0.2, 0.25) is 5.02 Å². The van der Waals surface area contributed by atoms with Gasteiger partial charge in [-0.3, -0.25) is 20.3 Å². The molecule has 0 radical (unpaired) electrons. The van der Waals surface area contributed by atoms with Gasteiger partial charge in [-0.2, -0.15) is 0 Å². The molecule has 0 fully saturated rings. The first-order valence-corrected chi connectivity index (χ1v) is 5.38. The minimum absolute atomic E-state index is 0.121. The van der Waals surface area contributed by atoms with Crippen LogP contribution >= 0.6 is 11.6 Å². The number of hydrazine groups is 1. The van der Waals surface area contributed by atoms with Crippen LogP contribution in [0.25, 0.3) is 0 Å². The van der Waals surface area contributed by atoms with Crippen LogP contribution in [0.5, 0.6) is 0 Å². The lowest BCUT2D eigenvalue weighted by molar-refractivity contribution is -0.383. The number of amides is 1. The van der Waals surface area contributed by atoms with Crippen molar-refractivity contribution in [1.29, 1.82) is 0 Å². The molecule has 8 heteroatoms. The highest BCUT2D eigenvalue weighted by atomic mass is 35.5. The van der Waals surface area contributed by atoms with E-state index in [2.05, 4.69) is 10.7 Å². The molecule has 0 spiro atoms. The first kappa shape index (κ1) is 14.2. The van der Waals surface area contributed by atoms with Gasteiger partial charge in [0, 0.05) is 32.8 Å². The van der Waals surface area contributed by atoms with Gasteiger partial charge in [-0.1, -0.05) is 11.6 Å². The molecule has 0 heterocycles. The zero-order chi connectivity index (χ0) is 13.9. The Morgan fingerprint density at radius 3 is 2.50 bits per heavy atom. The van der Waals surface area contributed by atoms with E-state index in [4.69, 9.17) is 11.6 Å². The van der Waals surface area contributed by atoms with Crippen molar-refractivity contribution in [3.63, 3.8) is 0 Å². The smallest absolute Gasteiger partial charge is 0.294 e. The van der Waals surface area contributed by atoms with Gasteiger partial charge in [0.1, 0.15) is 5.69 Å². The fourth-order valence-electron chi connectivity index (χ4n) is 1.38. The summed E-state index contributed by atoms with van der Waals surface area (Å²) < 4.78 is 0. The molecule has 0 unspecified atom stereocenters. The van der Waals surface area contributed by atoms with Crippen LogP contribution < -0.4 is 10.7 Å². The quantitative estimate of drug-likeness (QED) is 0.640. The number of nitrogens with one attached hydrogen (secondary N) is 2. The molecule has 0 aliphatic rings. The van der Waals surface area contributed by atoms with Crippen LogP contribution in [0.1, 0.15) is 10.4 Å². The van der Waals surface area contributed by atoms with Crippen LogP contribution in [0.15, 0.2) is 12.1 Å². The fourth-order valence-corrected chi connectivity index (χ4v) is 1.69. The SMILES string of the molecule is CNc1c(Cl)cc(C(=O)NN(C)C)cc1[N+](=O)[O-]. The van der Waals surface area contributed by atoms with Gasteiger partial charge in [0.25, 0.3) is 11.6 Å². The summed E-state index contributed by atoms with van der Waals surface area (Å²) in [4.78, 5) is 22.0. The monoisotopic (exact) mass is 272 g/mol. The maximum Gasteiger partial charge on any atom is 0.294 e. The van der Waals surface area contributed by atoms with E-state index in [1.165, 1.54) is 24.2 Å². The van der Waals surface area contributed by atoms with Crippen molar-refractivity contribution < 1.29 is 9.72 Å². The Morgan fingerprint density at radius 1 is 1.44 bits per heavy atom. The number of hydrogen-bond acceptors (Lipinski definition) is 5. The second kappa shape index (κ2) is 5.65. The van der Waals surface area contributed by atoms with E-state index in [-0.39, 0.29) is 22.0 Å². The fraction of sp³-hybridized carbons (Fsp3) is 0.300. The summed E-state index contributed by atoms with van der Waals surface area (Å²) in [6.07, 6.45) is 0. The molecule has 0 aromatic heterocycles. The van der Waals surface area contributed by atoms with E-state index in [1.807, 2.05) is 0 Å². The lowest BCUT2D eigenvalue weighted by Gasteiger charge is -2.13. The number of hydrogen-bond donors (Lipinski definition) is 2. The van der Waals surface area contributed by atoms with Gasteiger partial charge in [-0.15, -0.1) is 0 Å². The van der Waals surface area contributed by atoms with Crippen LogP contribution in [0.4, 0.5) is 11.4 Å². The first-order chi connectivity index (χ1) is 8.36. The minimum Gasteiger partial charge on any atom is -0.381 e. The third-order valence-electron chi connectivity index (χ3n) is 2.10. The maximum atomic E-state index is 11.7. The van der Waals surface area contributed by atoms with Gasteiger partial charge >= 0.3 is 0 Å². The van der Waals surface area contributed by atoms with Crippen molar-refractivity contribution in [1.82, 2.24) is 10.4 Å². The standard InChI is InChI=1S/C10H13ClN4O3/c1-12-9-7(11)4-6(5-8(9)15(17)18)10(16)13-14(2)3/h4-5,12H,1-3H3,(H,13,16). The van der Waals surface area contributed by atoms with Gasteiger partial charge in [0.05, 0.1) is 9.95 Å². The molecule has 0 atom stereocenters. The lowest BCUT2D eigenvalue weighted by Crippen LogP contribution is -2.36. The Kier molecular flexibility index (Phi) is 4.46. The van der Waals surface area contributed by atoms with Crippen molar-refractivity contribution >= 4 is 28.9 Å². The zero-order valence-corrected chi connectivity index (χ0v) is 10.9. The van der Waals surface area contributed by atoms with E-state index in [0.29, 0.717) is 0 Å². The van der Waals surface area contributed by atoms with Crippen molar-refractivity contribution in [2.75, 3.05) is 26.5 Å². The number of nitro benzene ring substituents is 1. The third kappa shape index (κ3) is 3.08. The summed E-state index contributed by atoms with van der Waals surface area (Å²) in [5.74, 6) is -0.465. The summed E-state index contributed by atoms with van der Waals surface area (Å²) in [6.45, 7) is 0. The van der Waals surface area contributed by atoms with E-state index >= 15 is 0 Å². The van der Waals surface area contributed by atoms with Gasteiger partial charge in [-0.05, 0) is 6.07 Å². The predicted molar refractivity (Wildman–Crippen MR) is 68.8 cm³/mol. The Labute approximate surface area is 109 Å². The average molecular weight is 273 g/mol. The molecule has 1 rings (SSSR count). The molecule has 0 bridgehead atoms. The Morgan fingerprint density at radius 2 is 2.06 bits per heavy atom. The number of anilines is 1. The molecule has 1 aromatic rings. The van der Waals surface area contributed by atoms with Crippen LogP contribution in [0.3, 0.4) is 0 Å². The van der Waals surface area contributed by atoms with Crippen molar-refractivity contribution in [2.45, 2.75) is 0 Å². The highest BCUT2D eigenvalue weighted by Crippen LogP contribution is 2.33. The van der Waals surface area contributed by atoms with Gasteiger partial charge in [-0.25, -0.2) is 5.01 Å². The number of carbonyl (C=O) groups is 1. The lowest BCUT2D eigenvalue weighted by atomic mass is 10.1. The molecule has 18 heavy (non-hydrogen) atoms. The topological polar surface area (TPSA) is 87.5 Å². The van der Waals surface area contributed by atoms with Crippen LogP contribution in [-0.2, 0) is 0 Å². The van der Waals surface area contributed by atoms with E-state index in [0.717, 1.165) is 0 Å². The molecular weight excluding hydrogens is 260 g/mol. The largest absolute Gasteiger partial charge is 0.381 e. The molecule has 2 N–H and O–H groups in total. The predicted octanol–water partition coefficient (Wildman–Crippen LogP) is 1.50. The second-order valence-corrected chi connectivity index (χ2v) is 4.10. The van der Waals surface area contributed by atoms with Gasteiger partial charge < -0.3 is 5.32 Å². The third-order valence-corrected chi connectivity index (χ3v) is 2.40. The number of carbonyl (C=O) groups excluding carboxylic acids is 1. The van der Waals surface area contributed by atoms with Crippen molar-refractivity contribution in [3.05, 3.63) is 32.8 Å². The summed E-state index contributed by atoms with van der Waals surface area (Å²) in [5, 5.41) is 15.1. The summed E-state index contributed by atoms with van der Waals surface area (Å²) in [6, 6.07) is 2.55. The molecule has 0 saturated heterocycles. The van der Waals surface area contributed by atoms with E-state index < -0.39 is 10.8 Å². The molecule has 1 amide bonds. The first-order valence-electron chi connectivity index (χ1n) is 5.00. The summed E-state index contributed by atoms with van der Waals surface area (Å²) in [7, 11) is 4.79. The Hall–Kier alpha value is -1.86. The summed E-state index contributed by atoms with van der Waals surface area (Å²) >= 11 is 5.90. The molecule has 0 aliphatic carbocycles. The number of rotatable bonds is 4. The Bertz CT molecular complexity index is 490.